The Kier molecular flexibility index (Phi) is 5.43. The van der Waals surface area contributed by atoms with Crippen molar-refractivity contribution in [2.24, 2.45) is 23.2 Å². The van der Waals surface area contributed by atoms with E-state index in [4.69, 9.17) is 9.47 Å². The van der Waals surface area contributed by atoms with Gasteiger partial charge in [-0.05, 0) is 30.7 Å². The summed E-state index contributed by atoms with van der Waals surface area (Å²) in [5.41, 5.74) is 1.42. The zero-order valence-electron chi connectivity index (χ0n) is 20.1. The lowest BCUT2D eigenvalue weighted by Crippen LogP contribution is -2.55. The van der Waals surface area contributed by atoms with Crippen LogP contribution in [0.25, 0.3) is 6.08 Å². The van der Waals surface area contributed by atoms with Crippen LogP contribution in [-0.4, -0.2) is 72.8 Å². The Labute approximate surface area is 198 Å². The van der Waals surface area contributed by atoms with Crippen LogP contribution >= 0.6 is 0 Å². The van der Waals surface area contributed by atoms with Gasteiger partial charge in [0.25, 0.3) is 0 Å². The van der Waals surface area contributed by atoms with E-state index in [1.54, 1.807) is 0 Å². The lowest BCUT2D eigenvalue weighted by molar-refractivity contribution is -0.146. The third-order valence-corrected chi connectivity index (χ3v) is 9.59. The minimum Gasteiger partial charge on any atom is -0.462 e. The van der Waals surface area contributed by atoms with Gasteiger partial charge in [-0.25, -0.2) is 0 Å². The third-order valence-electron chi connectivity index (χ3n) is 9.59. The molecular formula is C28H38N2O3. The average molecular weight is 451 g/mol. The maximum Gasteiger partial charge on any atom is 0.311 e. The summed E-state index contributed by atoms with van der Waals surface area (Å²) in [4.78, 5) is 18.0. The maximum atomic E-state index is 13.0. The second-order valence-electron chi connectivity index (χ2n) is 11.5. The molecule has 1 aromatic rings. The fraction of sp³-hybridized carbons (Fsp3) is 0.679. The lowest BCUT2D eigenvalue weighted by Gasteiger charge is -2.49. The fourth-order valence-corrected chi connectivity index (χ4v) is 7.78. The number of piperazine rings is 1. The van der Waals surface area contributed by atoms with E-state index in [2.05, 4.69) is 66.1 Å². The maximum absolute atomic E-state index is 13.0. The molecule has 0 amide bonds. The fourth-order valence-electron chi connectivity index (χ4n) is 7.78. The van der Waals surface area contributed by atoms with E-state index in [1.165, 1.54) is 24.8 Å². The Hall–Kier alpha value is -1.69. The smallest absolute Gasteiger partial charge is 0.311 e. The quantitative estimate of drug-likeness (QED) is 0.504. The van der Waals surface area contributed by atoms with Gasteiger partial charge in [-0.1, -0.05) is 62.8 Å². The molecule has 0 aromatic heterocycles. The second kappa shape index (κ2) is 8.21. The van der Waals surface area contributed by atoms with Gasteiger partial charge in [0.15, 0.2) is 0 Å². The summed E-state index contributed by atoms with van der Waals surface area (Å²) < 4.78 is 12.6. The molecule has 0 bridgehead atoms. The van der Waals surface area contributed by atoms with Crippen LogP contribution in [0.15, 0.2) is 36.4 Å². The van der Waals surface area contributed by atoms with Crippen molar-refractivity contribution in [2.45, 2.75) is 57.3 Å². The molecule has 3 aliphatic heterocycles. The molecule has 1 spiro atoms. The Balaban J connectivity index is 1.06. The molecule has 5 heteroatoms. The number of carbonyl (C=O) groups is 1. The first-order valence-electron chi connectivity index (χ1n) is 13.0. The monoisotopic (exact) mass is 450 g/mol. The van der Waals surface area contributed by atoms with Crippen molar-refractivity contribution in [2.75, 3.05) is 39.3 Å². The van der Waals surface area contributed by atoms with Crippen molar-refractivity contribution >= 4 is 12.0 Å². The van der Waals surface area contributed by atoms with Gasteiger partial charge in [-0.2, -0.15) is 0 Å². The predicted octanol–water partition coefficient (Wildman–Crippen LogP) is 3.84. The molecular weight excluding hydrogens is 412 g/mol. The lowest BCUT2D eigenvalue weighted by atomic mass is 9.53. The van der Waals surface area contributed by atoms with Crippen LogP contribution < -0.4 is 0 Å². The molecule has 5 fully saturated rings. The summed E-state index contributed by atoms with van der Waals surface area (Å²) in [6, 6.07) is 10.5. The molecule has 5 aliphatic rings. The number of benzene rings is 1. The van der Waals surface area contributed by atoms with Gasteiger partial charge < -0.3 is 9.47 Å². The highest BCUT2D eigenvalue weighted by Gasteiger charge is 2.78. The summed E-state index contributed by atoms with van der Waals surface area (Å²) >= 11 is 0. The summed E-state index contributed by atoms with van der Waals surface area (Å²) in [6.07, 6.45) is 9.47. The molecule has 5 nitrogen and oxygen atoms in total. The first-order chi connectivity index (χ1) is 16.0. The molecule has 7 atom stereocenters. The third kappa shape index (κ3) is 3.59. The minimum atomic E-state index is -0.0254. The van der Waals surface area contributed by atoms with Gasteiger partial charge in [0.1, 0.15) is 11.7 Å². The van der Waals surface area contributed by atoms with Crippen LogP contribution in [0, 0.1) is 23.2 Å². The summed E-state index contributed by atoms with van der Waals surface area (Å²) in [6.45, 7) is 10.7. The number of ether oxygens (including phenoxy) is 2. The standard InChI is InChI=1S/C28H38N2O3/c1-20-8-6-12-27(2)18-23-24(25-28(20,27)33-25)22(26(31)32-23)19-30-16-14-29(15-17-30)13-7-11-21-9-4-3-5-10-21/h3-5,7,9-11,20,22-25H,6,8,12-19H2,1-2H3/b11-7+/t20-,22?,23+,24+,25?,27+,28?/m0/s1. The molecule has 1 aromatic carbocycles. The predicted molar refractivity (Wildman–Crippen MR) is 129 cm³/mol. The van der Waals surface area contributed by atoms with E-state index >= 15 is 0 Å². The molecule has 3 saturated heterocycles. The molecule has 0 radical (unpaired) electrons. The zero-order valence-corrected chi connectivity index (χ0v) is 20.1. The van der Waals surface area contributed by atoms with Gasteiger partial charge in [0.2, 0.25) is 0 Å². The second-order valence-corrected chi connectivity index (χ2v) is 11.5. The largest absolute Gasteiger partial charge is 0.462 e. The highest BCUT2D eigenvalue weighted by molar-refractivity contribution is 5.76. The summed E-state index contributed by atoms with van der Waals surface area (Å²) in [7, 11) is 0. The molecule has 3 unspecified atom stereocenters. The number of epoxide rings is 1. The van der Waals surface area contributed by atoms with Gasteiger partial charge in [0, 0.05) is 50.6 Å². The van der Waals surface area contributed by atoms with Gasteiger partial charge >= 0.3 is 5.97 Å². The van der Waals surface area contributed by atoms with Crippen molar-refractivity contribution < 1.29 is 14.3 Å². The first-order valence-corrected chi connectivity index (χ1v) is 13.0. The number of carbonyl (C=O) groups excluding carboxylic acids is 1. The Bertz CT molecular complexity index is 911. The van der Waals surface area contributed by atoms with E-state index < -0.39 is 0 Å². The Morgan fingerprint density at radius 3 is 2.67 bits per heavy atom. The summed E-state index contributed by atoms with van der Waals surface area (Å²) in [5, 5.41) is 0. The van der Waals surface area contributed by atoms with Crippen molar-refractivity contribution in [3.05, 3.63) is 42.0 Å². The Morgan fingerprint density at radius 1 is 1.12 bits per heavy atom. The van der Waals surface area contributed by atoms with Gasteiger partial charge in [-0.15, -0.1) is 0 Å². The van der Waals surface area contributed by atoms with E-state index in [0.717, 1.165) is 45.7 Å². The molecule has 2 aliphatic carbocycles. The number of nitrogens with zero attached hydrogens (tertiary/aromatic N) is 2. The normalized spacial score (nSPS) is 43.1. The van der Waals surface area contributed by atoms with E-state index in [9.17, 15) is 4.79 Å². The molecule has 6 rings (SSSR count). The van der Waals surface area contributed by atoms with Crippen LogP contribution in [0.2, 0.25) is 0 Å². The molecule has 178 valence electrons. The van der Waals surface area contributed by atoms with Crippen molar-refractivity contribution in [1.29, 1.82) is 0 Å². The number of esters is 1. The van der Waals surface area contributed by atoms with Crippen LogP contribution in [0.1, 0.15) is 45.1 Å². The van der Waals surface area contributed by atoms with E-state index in [-0.39, 0.29) is 41.0 Å². The van der Waals surface area contributed by atoms with Crippen molar-refractivity contribution in [1.82, 2.24) is 9.80 Å². The Morgan fingerprint density at radius 2 is 1.88 bits per heavy atom. The minimum absolute atomic E-state index is 0.00241. The summed E-state index contributed by atoms with van der Waals surface area (Å²) in [5.74, 6) is 0.838. The molecule has 0 N–H and O–H groups in total. The first kappa shape index (κ1) is 21.8. The van der Waals surface area contributed by atoms with Crippen LogP contribution in [0.3, 0.4) is 0 Å². The number of hydrogen-bond donors (Lipinski definition) is 0. The number of rotatable bonds is 5. The van der Waals surface area contributed by atoms with Crippen LogP contribution in [0.5, 0.6) is 0 Å². The average Bonchev–Trinajstić information content (AvgIpc) is 3.50. The van der Waals surface area contributed by atoms with Gasteiger partial charge in [0.05, 0.1) is 12.0 Å². The highest BCUT2D eigenvalue weighted by Crippen LogP contribution is 2.70. The zero-order chi connectivity index (χ0) is 22.6. The van der Waals surface area contributed by atoms with Crippen LogP contribution in [0.4, 0.5) is 0 Å². The van der Waals surface area contributed by atoms with Gasteiger partial charge in [-0.3, -0.25) is 14.6 Å². The SMILES string of the molecule is C[C@H]1CCC[C@]2(C)C[C@H]3OC(=O)C(CN4CCN(C/C=C/c5ccccc5)CC4)[C@H]3C3OC312. The van der Waals surface area contributed by atoms with Crippen molar-refractivity contribution in [3.63, 3.8) is 0 Å². The number of fused-ring (bicyclic) bond motifs is 2. The molecule has 3 heterocycles. The van der Waals surface area contributed by atoms with E-state index in [0.29, 0.717) is 5.92 Å². The molecule has 2 saturated carbocycles. The van der Waals surface area contributed by atoms with E-state index in [1.807, 2.05) is 0 Å². The molecule has 33 heavy (non-hydrogen) atoms. The highest BCUT2D eigenvalue weighted by atomic mass is 16.6. The number of hydrogen-bond acceptors (Lipinski definition) is 5. The topological polar surface area (TPSA) is 45.3 Å². The van der Waals surface area contributed by atoms with Crippen molar-refractivity contribution in [3.8, 4) is 0 Å². The van der Waals surface area contributed by atoms with Crippen LogP contribution in [-0.2, 0) is 14.3 Å².